The monoisotopic (exact) mass is 450 g/mol. The Labute approximate surface area is 153 Å². The van der Waals surface area contributed by atoms with Crippen molar-refractivity contribution in [3.8, 4) is 0 Å². The van der Waals surface area contributed by atoms with E-state index in [1.54, 1.807) is 0 Å². The third kappa shape index (κ3) is 3.67. The minimum atomic E-state index is -1.73. The topological polar surface area (TPSA) is 75.7 Å². The number of esters is 1. The molecule has 11 heteroatoms. The van der Waals surface area contributed by atoms with Crippen LogP contribution in [0.3, 0.4) is 0 Å². The second-order valence-electron chi connectivity index (χ2n) is 4.45. The summed E-state index contributed by atoms with van der Waals surface area (Å²) in [7, 11) is 0. The van der Waals surface area contributed by atoms with Crippen molar-refractivity contribution in [3.63, 3.8) is 0 Å². The van der Waals surface area contributed by atoms with Crippen molar-refractivity contribution >= 4 is 80.8 Å². The average Bonchev–Trinajstić information content (AvgIpc) is 2.47. The number of hydrogen-bond donors (Lipinski definition) is 1. The average molecular weight is 453 g/mol. The van der Waals surface area contributed by atoms with E-state index >= 15 is 0 Å². The van der Waals surface area contributed by atoms with E-state index in [4.69, 9.17) is 39.5 Å². The van der Waals surface area contributed by atoms with Crippen LogP contribution < -0.4 is 5.32 Å². The lowest BCUT2D eigenvalue weighted by Crippen LogP contribution is -2.69. The highest BCUT2D eigenvalue weighted by Crippen LogP contribution is 2.41. The molecule has 2 rings (SSSR count). The van der Waals surface area contributed by atoms with Crippen LogP contribution in [-0.2, 0) is 19.1 Å². The number of nitrogens with zero attached hydrogens (tertiary/aromatic N) is 1. The van der Waals surface area contributed by atoms with Crippen LogP contribution in [0, 0.1) is 0 Å². The molecule has 0 bridgehead atoms. The SMILES string of the molecule is O=CN[C@@H]1C(=O)N2C(C(=O)OCC(Cl)(Cl)Cl)=C(CBr)CS[C@H]12. The Morgan fingerprint density at radius 2 is 2.23 bits per heavy atom. The summed E-state index contributed by atoms with van der Waals surface area (Å²) in [6.45, 7) is -0.425. The number of halogens is 4. The van der Waals surface area contributed by atoms with E-state index < -0.39 is 22.4 Å². The van der Waals surface area contributed by atoms with E-state index in [-0.39, 0.29) is 17.0 Å². The second-order valence-corrected chi connectivity index (χ2v) is 8.63. The Bertz CT molecular complexity index is 540. The predicted octanol–water partition coefficient (Wildman–Crippen LogP) is 1.58. The summed E-state index contributed by atoms with van der Waals surface area (Å²) in [6, 6.07) is -0.643. The molecule has 2 amide bonds. The zero-order valence-electron chi connectivity index (χ0n) is 10.9. The highest BCUT2D eigenvalue weighted by atomic mass is 79.9. The highest BCUT2D eigenvalue weighted by Gasteiger charge is 2.53. The Balaban J connectivity index is 2.19. The van der Waals surface area contributed by atoms with Crippen LogP contribution in [0.4, 0.5) is 0 Å². The van der Waals surface area contributed by atoms with Gasteiger partial charge in [-0.25, -0.2) is 4.79 Å². The number of ether oxygens (including phenoxy) is 1. The first-order valence-electron chi connectivity index (χ1n) is 5.96. The van der Waals surface area contributed by atoms with Gasteiger partial charge in [-0.1, -0.05) is 50.7 Å². The summed E-state index contributed by atoms with van der Waals surface area (Å²) in [4.78, 5) is 36.2. The van der Waals surface area contributed by atoms with Gasteiger partial charge in [0.15, 0.2) is 0 Å². The Kier molecular flexibility index (Phi) is 5.93. The van der Waals surface area contributed by atoms with Crippen molar-refractivity contribution in [2.75, 3.05) is 17.7 Å². The summed E-state index contributed by atoms with van der Waals surface area (Å²) >= 11 is 21.4. The third-order valence-electron chi connectivity index (χ3n) is 3.02. The van der Waals surface area contributed by atoms with Crippen molar-refractivity contribution in [2.45, 2.75) is 15.2 Å². The summed E-state index contributed by atoms with van der Waals surface area (Å²) in [5.41, 5.74) is 0.845. The van der Waals surface area contributed by atoms with E-state index in [1.807, 2.05) is 0 Å². The molecule has 0 aromatic heterocycles. The molecule has 0 spiro atoms. The number of alkyl halides is 4. The molecule has 1 N–H and O–H groups in total. The molecular weight excluding hydrogens is 442 g/mol. The van der Waals surface area contributed by atoms with E-state index in [9.17, 15) is 14.4 Å². The van der Waals surface area contributed by atoms with Gasteiger partial charge >= 0.3 is 5.97 Å². The van der Waals surface area contributed by atoms with Crippen LogP contribution in [-0.4, -0.2) is 56.1 Å². The van der Waals surface area contributed by atoms with Crippen LogP contribution in [0.2, 0.25) is 0 Å². The minimum Gasteiger partial charge on any atom is -0.456 e. The maximum Gasteiger partial charge on any atom is 0.355 e. The van der Waals surface area contributed by atoms with Gasteiger partial charge in [0.25, 0.3) is 5.91 Å². The lowest BCUT2D eigenvalue weighted by Gasteiger charge is -2.49. The van der Waals surface area contributed by atoms with Gasteiger partial charge in [0.1, 0.15) is 23.7 Å². The molecule has 2 aliphatic heterocycles. The first kappa shape index (κ1) is 18.2. The maximum atomic E-state index is 12.2. The molecule has 122 valence electrons. The summed E-state index contributed by atoms with van der Waals surface area (Å²) in [5, 5.41) is 2.50. The Morgan fingerprint density at radius 1 is 1.55 bits per heavy atom. The summed E-state index contributed by atoms with van der Waals surface area (Å²) in [6.07, 6.45) is 0.463. The van der Waals surface area contributed by atoms with Crippen LogP contribution in [0.25, 0.3) is 0 Å². The van der Waals surface area contributed by atoms with E-state index in [0.717, 1.165) is 0 Å². The molecular formula is C11H10BrCl3N2O4S. The van der Waals surface area contributed by atoms with Crippen LogP contribution in [0.1, 0.15) is 0 Å². The fraction of sp³-hybridized carbons (Fsp3) is 0.545. The number of nitrogens with one attached hydrogen (secondary N) is 1. The molecule has 2 atom stereocenters. The Morgan fingerprint density at radius 3 is 2.77 bits per heavy atom. The van der Waals surface area contributed by atoms with E-state index in [2.05, 4.69) is 21.2 Å². The lowest BCUT2D eigenvalue weighted by atomic mass is 10.0. The first-order chi connectivity index (χ1) is 10.3. The number of fused-ring (bicyclic) bond motifs is 1. The molecule has 0 aliphatic carbocycles. The Hall–Kier alpha value is -0.150. The van der Waals surface area contributed by atoms with Gasteiger partial charge in [0.05, 0.1) is 0 Å². The van der Waals surface area contributed by atoms with Crippen molar-refractivity contribution in [3.05, 3.63) is 11.3 Å². The van der Waals surface area contributed by atoms with Crippen molar-refractivity contribution in [2.24, 2.45) is 0 Å². The van der Waals surface area contributed by atoms with E-state index in [1.165, 1.54) is 16.7 Å². The van der Waals surface area contributed by atoms with Gasteiger partial charge in [-0.3, -0.25) is 14.5 Å². The van der Waals surface area contributed by atoms with Gasteiger partial charge in [-0.15, -0.1) is 11.8 Å². The normalized spacial score (nSPS) is 24.5. The molecule has 0 unspecified atom stereocenters. The number of thioether (sulfide) groups is 1. The molecule has 22 heavy (non-hydrogen) atoms. The van der Waals surface area contributed by atoms with Crippen molar-refractivity contribution in [1.29, 1.82) is 0 Å². The van der Waals surface area contributed by atoms with E-state index in [0.29, 0.717) is 23.1 Å². The van der Waals surface area contributed by atoms with Gasteiger partial charge in [0, 0.05) is 11.1 Å². The zero-order chi connectivity index (χ0) is 16.5. The van der Waals surface area contributed by atoms with Crippen molar-refractivity contribution < 1.29 is 19.1 Å². The predicted molar refractivity (Wildman–Crippen MR) is 88.1 cm³/mol. The highest BCUT2D eigenvalue weighted by molar-refractivity contribution is 9.09. The third-order valence-corrected chi connectivity index (χ3v) is 5.36. The summed E-state index contributed by atoms with van der Waals surface area (Å²) in [5.74, 6) is -0.581. The molecule has 0 aromatic rings. The second kappa shape index (κ2) is 7.17. The number of amides is 2. The minimum absolute atomic E-state index is 0.142. The molecule has 2 heterocycles. The standard InChI is InChI=1S/C11H10BrCl3N2O4S/c12-1-5-2-22-9-6(16-4-18)8(19)17(9)7(5)10(20)21-3-11(13,14)15/h4,6,9H,1-3H2,(H,16,18)/t6-,9-/m1/s1. The van der Waals surface area contributed by atoms with Gasteiger partial charge in [0.2, 0.25) is 10.2 Å². The number of carbonyl (C=O) groups is 3. The number of hydrogen-bond acceptors (Lipinski definition) is 5. The van der Waals surface area contributed by atoms with Gasteiger partial charge in [-0.05, 0) is 5.57 Å². The summed E-state index contributed by atoms with van der Waals surface area (Å²) < 4.78 is 3.24. The molecule has 0 saturated carbocycles. The number of β-lactam (4-membered cyclic amide) rings is 1. The van der Waals surface area contributed by atoms with Crippen LogP contribution in [0.15, 0.2) is 11.3 Å². The van der Waals surface area contributed by atoms with Crippen molar-refractivity contribution in [1.82, 2.24) is 10.2 Å². The molecule has 1 saturated heterocycles. The fourth-order valence-electron chi connectivity index (χ4n) is 2.08. The molecule has 1 fully saturated rings. The molecule has 6 nitrogen and oxygen atoms in total. The smallest absolute Gasteiger partial charge is 0.355 e. The van der Waals surface area contributed by atoms with Crippen LogP contribution >= 0.6 is 62.5 Å². The molecule has 0 aromatic carbocycles. The lowest BCUT2D eigenvalue weighted by molar-refractivity contribution is -0.152. The fourth-order valence-corrected chi connectivity index (χ4v) is 4.33. The molecule has 2 aliphatic rings. The number of carbonyl (C=O) groups excluding carboxylic acids is 3. The van der Waals surface area contributed by atoms with Gasteiger partial charge in [-0.2, -0.15) is 0 Å². The zero-order valence-corrected chi connectivity index (χ0v) is 15.5. The first-order valence-corrected chi connectivity index (χ1v) is 9.26. The largest absolute Gasteiger partial charge is 0.456 e. The molecule has 0 radical (unpaired) electrons. The number of rotatable bonds is 5. The quantitative estimate of drug-likeness (QED) is 0.297. The van der Waals surface area contributed by atoms with Gasteiger partial charge < -0.3 is 10.1 Å². The maximum absolute atomic E-state index is 12.2. The van der Waals surface area contributed by atoms with Crippen LogP contribution in [0.5, 0.6) is 0 Å².